The van der Waals surface area contributed by atoms with Crippen molar-refractivity contribution in [2.24, 2.45) is 5.73 Å². The molecular formula is C9H11ClFNO. The number of halogens is 2. The van der Waals surface area contributed by atoms with E-state index in [4.69, 9.17) is 5.73 Å². The molecule has 0 saturated carbocycles. The van der Waals surface area contributed by atoms with E-state index in [1.165, 1.54) is 24.3 Å². The summed E-state index contributed by atoms with van der Waals surface area (Å²) >= 11 is 0. The fourth-order valence-corrected chi connectivity index (χ4v) is 0.919. The minimum absolute atomic E-state index is 0. The summed E-state index contributed by atoms with van der Waals surface area (Å²) in [7, 11) is 0. The molecule has 0 unspecified atom stereocenters. The van der Waals surface area contributed by atoms with Crippen LogP contribution in [0.4, 0.5) is 4.39 Å². The summed E-state index contributed by atoms with van der Waals surface area (Å²) in [5.41, 5.74) is 5.87. The number of phenols is 1. The van der Waals surface area contributed by atoms with Gasteiger partial charge in [-0.05, 0) is 18.2 Å². The number of phenolic OH excluding ortho intramolecular Hbond substituents is 1. The fraction of sp³-hybridized carbons (Fsp3) is 0.111. The number of nitrogens with two attached hydrogens (primary N) is 1. The van der Waals surface area contributed by atoms with Gasteiger partial charge in [0, 0.05) is 5.56 Å². The van der Waals surface area contributed by atoms with Gasteiger partial charge in [-0.2, -0.15) is 0 Å². The largest absolute Gasteiger partial charge is 0.508 e. The Morgan fingerprint density at radius 3 is 2.69 bits per heavy atom. The second kappa shape index (κ2) is 4.84. The van der Waals surface area contributed by atoms with Gasteiger partial charge in [0.2, 0.25) is 0 Å². The molecule has 1 aromatic carbocycles. The summed E-state index contributed by atoms with van der Waals surface area (Å²) < 4.78 is 12.6. The van der Waals surface area contributed by atoms with Gasteiger partial charge in [0.1, 0.15) is 11.6 Å². The maximum absolute atomic E-state index is 12.6. The molecule has 2 nitrogen and oxygen atoms in total. The molecule has 1 rings (SSSR count). The second-order valence-electron chi connectivity index (χ2n) is 2.46. The van der Waals surface area contributed by atoms with E-state index in [1.54, 1.807) is 0 Å². The lowest BCUT2D eigenvalue weighted by Gasteiger charge is -2.08. The first-order chi connectivity index (χ1) is 5.65. The van der Waals surface area contributed by atoms with Gasteiger partial charge in [0.25, 0.3) is 0 Å². The van der Waals surface area contributed by atoms with Crippen LogP contribution in [0.1, 0.15) is 11.6 Å². The van der Waals surface area contributed by atoms with Crippen molar-refractivity contribution in [1.29, 1.82) is 0 Å². The summed E-state index contributed by atoms with van der Waals surface area (Å²) in [5.74, 6) is -0.427. The van der Waals surface area contributed by atoms with Crippen LogP contribution in [0.15, 0.2) is 30.9 Å². The van der Waals surface area contributed by atoms with Crippen LogP contribution in [0.5, 0.6) is 5.75 Å². The van der Waals surface area contributed by atoms with Crippen molar-refractivity contribution in [2.45, 2.75) is 6.04 Å². The number of hydrogen-bond acceptors (Lipinski definition) is 2. The Morgan fingerprint density at radius 1 is 1.54 bits per heavy atom. The highest BCUT2D eigenvalue weighted by atomic mass is 35.5. The summed E-state index contributed by atoms with van der Waals surface area (Å²) in [6.45, 7) is 3.45. The van der Waals surface area contributed by atoms with E-state index in [-0.39, 0.29) is 18.2 Å². The van der Waals surface area contributed by atoms with Gasteiger partial charge in [-0.15, -0.1) is 19.0 Å². The van der Waals surface area contributed by atoms with E-state index in [0.29, 0.717) is 5.56 Å². The van der Waals surface area contributed by atoms with Crippen LogP contribution in [0.2, 0.25) is 0 Å². The van der Waals surface area contributed by atoms with E-state index >= 15 is 0 Å². The van der Waals surface area contributed by atoms with Crippen LogP contribution in [-0.2, 0) is 0 Å². The number of rotatable bonds is 2. The van der Waals surface area contributed by atoms with Crippen molar-refractivity contribution >= 4 is 12.4 Å². The Kier molecular flexibility index (Phi) is 4.45. The second-order valence-corrected chi connectivity index (χ2v) is 2.46. The molecule has 1 atom stereocenters. The molecule has 0 fully saturated rings. The summed E-state index contributed by atoms with van der Waals surface area (Å²) in [6.07, 6.45) is 1.44. The van der Waals surface area contributed by atoms with Crippen molar-refractivity contribution in [3.63, 3.8) is 0 Å². The normalized spacial score (nSPS) is 11.5. The molecule has 0 aliphatic heterocycles. The van der Waals surface area contributed by atoms with E-state index in [2.05, 4.69) is 6.58 Å². The van der Waals surface area contributed by atoms with Gasteiger partial charge in [0.05, 0.1) is 6.04 Å². The molecule has 0 amide bonds. The molecule has 0 aliphatic rings. The smallest absolute Gasteiger partial charge is 0.123 e. The van der Waals surface area contributed by atoms with E-state index in [1.807, 2.05) is 0 Å². The predicted molar refractivity (Wildman–Crippen MR) is 52.4 cm³/mol. The molecule has 72 valence electrons. The lowest BCUT2D eigenvalue weighted by Crippen LogP contribution is -2.06. The molecule has 3 N–H and O–H groups in total. The van der Waals surface area contributed by atoms with Gasteiger partial charge in [-0.25, -0.2) is 4.39 Å². The highest BCUT2D eigenvalue weighted by Crippen LogP contribution is 2.23. The number of benzene rings is 1. The minimum atomic E-state index is -0.527. The van der Waals surface area contributed by atoms with E-state index < -0.39 is 11.9 Å². The predicted octanol–water partition coefficient (Wildman–Crippen LogP) is 2.14. The number of hydrogen-bond donors (Lipinski definition) is 2. The fourth-order valence-electron chi connectivity index (χ4n) is 0.919. The summed E-state index contributed by atoms with van der Waals surface area (Å²) in [4.78, 5) is 0. The highest BCUT2D eigenvalue weighted by molar-refractivity contribution is 5.85. The van der Waals surface area contributed by atoms with E-state index in [9.17, 15) is 9.50 Å². The topological polar surface area (TPSA) is 46.2 Å². The molecule has 0 heterocycles. The summed E-state index contributed by atoms with van der Waals surface area (Å²) in [5, 5.41) is 9.24. The average Bonchev–Trinajstić information content (AvgIpc) is 2.08. The Morgan fingerprint density at radius 2 is 2.15 bits per heavy atom. The zero-order valence-electron chi connectivity index (χ0n) is 6.90. The molecule has 0 aromatic heterocycles. The average molecular weight is 204 g/mol. The molecular weight excluding hydrogens is 193 g/mol. The van der Waals surface area contributed by atoms with Crippen molar-refractivity contribution in [2.75, 3.05) is 0 Å². The van der Waals surface area contributed by atoms with Crippen LogP contribution in [-0.4, -0.2) is 5.11 Å². The van der Waals surface area contributed by atoms with Crippen molar-refractivity contribution in [1.82, 2.24) is 0 Å². The van der Waals surface area contributed by atoms with Crippen LogP contribution in [0.3, 0.4) is 0 Å². The first-order valence-corrected chi connectivity index (χ1v) is 3.51. The Bertz CT molecular complexity index is 304. The third-order valence-corrected chi connectivity index (χ3v) is 1.60. The van der Waals surface area contributed by atoms with Crippen LogP contribution in [0.25, 0.3) is 0 Å². The van der Waals surface area contributed by atoms with Gasteiger partial charge in [-0.3, -0.25) is 0 Å². The SMILES string of the molecule is C=C[C@@H](N)c1cc(F)ccc1O.Cl. The molecule has 0 radical (unpaired) electrons. The third kappa shape index (κ3) is 2.72. The highest BCUT2D eigenvalue weighted by Gasteiger charge is 2.07. The Balaban J connectivity index is 0.00000144. The van der Waals surface area contributed by atoms with Crippen LogP contribution in [0, 0.1) is 5.82 Å². The molecule has 0 spiro atoms. The first kappa shape index (κ1) is 11.9. The molecule has 0 saturated heterocycles. The van der Waals surface area contributed by atoms with Gasteiger partial charge in [-0.1, -0.05) is 6.08 Å². The maximum Gasteiger partial charge on any atom is 0.123 e. The third-order valence-electron chi connectivity index (χ3n) is 1.60. The minimum Gasteiger partial charge on any atom is -0.508 e. The zero-order valence-corrected chi connectivity index (χ0v) is 7.72. The zero-order chi connectivity index (χ0) is 9.14. The summed E-state index contributed by atoms with van der Waals surface area (Å²) in [6, 6.07) is 3.12. The molecule has 0 bridgehead atoms. The monoisotopic (exact) mass is 203 g/mol. The quantitative estimate of drug-likeness (QED) is 0.724. The van der Waals surface area contributed by atoms with Gasteiger partial charge < -0.3 is 10.8 Å². The lowest BCUT2D eigenvalue weighted by atomic mass is 10.1. The first-order valence-electron chi connectivity index (χ1n) is 3.51. The van der Waals surface area contributed by atoms with Crippen molar-refractivity contribution in [3.8, 4) is 5.75 Å². The van der Waals surface area contributed by atoms with E-state index in [0.717, 1.165) is 0 Å². The lowest BCUT2D eigenvalue weighted by molar-refractivity contribution is 0.463. The molecule has 13 heavy (non-hydrogen) atoms. The Labute approximate surface area is 82.3 Å². The molecule has 1 aromatic rings. The van der Waals surface area contributed by atoms with Crippen molar-refractivity contribution < 1.29 is 9.50 Å². The Hall–Kier alpha value is -1.06. The van der Waals surface area contributed by atoms with Gasteiger partial charge in [0.15, 0.2) is 0 Å². The van der Waals surface area contributed by atoms with Crippen molar-refractivity contribution in [3.05, 3.63) is 42.2 Å². The molecule has 0 aliphatic carbocycles. The van der Waals surface area contributed by atoms with Gasteiger partial charge >= 0.3 is 0 Å². The van der Waals surface area contributed by atoms with Crippen LogP contribution < -0.4 is 5.73 Å². The van der Waals surface area contributed by atoms with Crippen LogP contribution >= 0.6 is 12.4 Å². The standard InChI is InChI=1S/C9H10FNO.ClH/c1-2-8(11)7-5-6(10)3-4-9(7)12;/h2-5,8,12H,1,11H2;1H/t8-;/m1./s1. The maximum atomic E-state index is 12.6. The number of aromatic hydroxyl groups is 1. The molecule has 4 heteroatoms.